The van der Waals surface area contributed by atoms with Crippen LogP contribution in [0.1, 0.15) is 23.6 Å². The highest BCUT2D eigenvalue weighted by Crippen LogP contribution is 2.27. The van der Waals surface area contributed by atoms with E-state index in [-0.39, 0.29) is 5.82 Å². The zero-order chi connectivity index (χ0) is 19.4. The highest BCUT2D eigenvalue weighted by molar-refractivity contribution is 5.90. The lowest BCUT2D eigenvalue weighted by Gasteiger charge is -2.15. The van der Waals surface area contributed by atoms with Crippen LogP contribution in [0.2, 0.25) is 0 Å². The van der Waals surface area contributed by atoms with Gasteiger partial charge in [-0.25, -0.2) is 9.78 Å². The summed E-state index contributed by atoms with van der Waals surface area (Å²) in [6, 6.07) is 14.1. The molecule has 1 heterocycles. The number of hydrogen-bond acceptors (Lipinski definition) is 5. The highest BCUT2D eigenvalue weighted by Gasteiger charge is 2.10. The number of nitrogens with zero attached hydrogens (tertiary/aromatic N) is 1. The molecule has 2 aromatic carbocycles. The Morgan fingerprint density at radius 2 is 1.85 bits per heavy atom. The second-order valence-electron chi connectivity index (χ2n) is 6.36. The van der Waals surface area contributed by atoms with E-state index in [1.54, 1.807) is 19.1 Å². The summed E-state index contributed by atoms with van der Waals surface area (Å²) in [5.41, 5.74) is 10.1. The second-order valence-corrected chi connectivity index (χ2v) is 6.36. The van der Waals surface area contributed by atoms with Gasteiger partial charge in [0.05, 0.1) is 12.3 Å². The van der Waals surface area contributed by atoms with E-state index in [1.807, 2.05) is 0 Å². The summed E-state index contributed by atoms with van der Waals surface area (Å²) in [5, 5.41) is 8.38. The summed E-state index contributed by atoms with van der Waals surface area (Å²) in [4.78, 5) is 15.8. The van der Waals surface area contributed by atoms with Crippen LogP contribution in [0, 0.1) is 13.8 Å². The Labute approximate surface area is 158 Å². The van der Waals surface area contributed by atoms with Crippen molar-refractivity contribution in [1.82, 2.24) is 4.98 Å². The molecule has 4 N–H and O–H groups in total. The van der Waals surface area contributed by atoms with E-state index in [2.05, 4.69) is 59.8 Å². The first-order chi connectivity index (χ1) is 13.0. The van der Waals surface area contributed by atoms with Gasteiger partial charge in [-0.1, -0.05) is 30.3 Å². The molecule has 3 rings (SSSR count). The van der Waals surface area contributed by atoms with Gasteiger partial charge in [-0.2, -0.15) is 0 Å². The first-order valence-electron chi connectivity index (χ1n) is 8.91. The lowest BCUT2D eigenvalue weighted by molar-refractivity contribution is 0.168. The molecule has 6 nitrogen and oxygen atoms in total. The number of aromatic nitrogens is 1. The average molecular weight is 364 g/mol. The lowest BCUT2D eigenvalue weighted by atomic mass is 9.96. The van der Waals surface area contributed by atoms with Crippen LogP contribution in [-0.4, -0.2) is 17.7 Å². The van der Waals surface area contributed by atoms with Crippen LogP contribution in [0.15, 0.2) is 42.5 Å². The molecule has 0 unspecified atom stereocenters. The predicted octanol–water partition coefficient (Wildman–Crippen LogP) is 4.61. The molecule has 140 valence electrons. The van der Waals surface area contributed by atoms with Gasteiger partial charge in [0.25, 0.3) is 0 Å². The molecule has 0 aliphatic heterocycles. The maximum Gasteiger partial charge on any atom is 0.411 e. The summed E-state index contributed by atoms with van der Waals surface area (Å²) < 4.78 is 4.85. The number of nitrogen functional groups attached to an aromatic ring is 1. The van der Waals surface area contributed by atoms with Gasteiger partial charge in [-0.05, 0) is 60.4 Å². The molecule has 27 heavy (non-hydrogen) atoms. The molecule has 0 saturated carbocycles. The summed E-state index contributed by atoms with van der Waals surface area (Å²) in [7, 11) is 0. The Hall–Kier alpha value is -3.28. The third-order valence-electron chi connectivity index (χ3n) is 4.47. The van der Waals surface area contributed by atoms with Crippen molar-refractivity contribution in [2.45, 2.75) is 27.3 Å². The summed E-state index contributed by atoms with van der Waals surface area (Å²) >= 11 is 0. The van der Waals surface area contributed by atoms with Crippen LogP contribution < -0.4 is 16.4 Å². The number of amides is 1. The molecule has 0 aliphatic carbocycles. The van der Waals surface area contributed by atoms with Gasteiger partial charge in [-0.3, -0.25) is 5.32 Å². The molecule has 0 fully saturated rings. The standard InChI is InChI=1S/C21H24N4O2/c1-4-27-21(26)24-18-9-10-19(25-20(18)22)23-12-17-14(3)11-13(2)15-7-5-6-8-16(15)17/h5-11H,4,12H2,1-3H3,(H,24,26)(H3,22,23,25). The van der Waals surface area contributed by atoms with Crippen LogP contribution in [0.4, 0.5) is 22.1 Å². The van der Waals surface area contributed by atoms with Crippen LogP contribution >= 0.6 is 0 Å². The van der Waals surface area contributed by atoms with Gasteiger partial charge in [0.2, 0.25) is 0 Å². The number of nitrogens with one attached hydrogen (secondary N) is 2. The molecule has 0 saturated heterocycles. The molecule has 0 aliphatic rings. The third-order valence-corrected chi connectivity index (χ3v) is 4.47. The van der Waals surface area contributed by atoms with Gasteiger partial charge in [0, 0.05) is 6.54 Å². The number of hydrogen-bond donors (Lipinski definition) is 3. The van der Waals surface area contributed by atoms with E-state index in [0.717, 1.165) is 0 Å². The Morgan fingerprint density at radius 3 is 2.56 bits per heavy atom. The molecule has 1 amide bonds. The first-order valence-corrected chi connectivity index (χ1v) is 8.91. The van der Waals surface area contributed by atoms with E-state index in [4.69, 9.17) is 10.5 Å². The maximum absolute atomic E-state index is 11.5. The van der Waals surface area contributed by atoms with E-state index >= 15 is 0 Å². The summed E-state index contributed by atoms with van der Waals surface area (Å²) in [6.45, 7) is 6.91. The van der Waals surface area contributed by atoms with Gasteiger partial charge in [-0.15, -0.1) is 0 Å². The second kappa shape index (κ2) is 7.95. The minimum atomic E-state index is -0.548. The topological polar surface area (TPSA) is 89.3 Å². The average Bonchev–Trinajstić information content (AvgIpc) is 2.64. The Kier molecular flexibility index (Phi) is 5.45. The Morgan fingerprint density at radius 1 is 1.11 bits per heavy atom. The van der Waals surface area contributed by atoms with E-state index in [1.165, 1.54) is 27.5 Å². The number of carbonyl (C=O) groups excluding carboxylic acids is 1. The largest absolute Gasteiger partial charge is 0.450 e. The van der Waals surface area contributed by atoms with Crippen LogP contribution in [0.25, 0.3) is 10.8 Å². The summed E-state index contributed by atoms with van der Waals surface area (Å²) in [6.07, 6.45) is -0.548. The van der Waals surface area contributed by atoms with Crippen LogP contribution in [0.5, 0.6) is 0 Å². The fraction of sp³-hybridized carbons (Fsp3) is 0.238. The van der Waals surface area contributed by atoms with Gasteiger partial charge >= 0.3 is 6.09 Å². The number of ether oxygens (including phenoxy) is 1. The Balaban J connectivity index is 1.79. The molecule has 1 aromatic heterocycles. The number of benzene rings is 2. The van der Waals surface area contributed by atoms with E-state index in [0.29, 0.717) is 24.7 Å². The van der Waals surface area contributed by atoms with Crippen molar-refractivity contribution in [2.24, 2.45) is 0 Å². The van der Waals surface area contributed by atoms with Crippen molar-refractivity contribution < 1.29 is 9.53 Å². The van der Waals surface area contributed by atoms with E-state index < -0.39 is 6.09 Å². The molecule has 0 radical (unpaired) electrons. The number of fused-ring (bicyclic) bond motifs is 1. The third kappa shape index (κ3) is 4.11. The van der Waals surface area contributed by atoms with Crippen molar-refractivity contribution in [2.75, 3.05) is 23.0 Å². The number of pyridine rings is 1. The summed E-state index contributed by atoms with van der Waals surface area (Å²) in [5.74, 6) is 0.879. The van der Waals surface area contributed by atoms with Gasteiger partial charge in [0.1, 0.15) is 11.6 Å². The number of aryl methyl sites for hydroxylation is 2. The monoisotopic (exact) mass is 364 g/mol. The normalized spacial score (nSPS) is 10.6. The van der Waals surface area contributed by atoms with Gasteiger partial charge in [0.15, 0.2) is 0 Å². The predicted molar refractivity (Wildman–Crippen MR) is 110 cm³/mol. The maximum atomic E-state index is 11.5. The molecule has 3 aromatic rings. The minimum absolute atomic E-state index is 0.235. The molecule has 0 bridgehead atoms. The molecule has 0 spiro atoms. The quantitative estimate of drug-likeness (QED) is 0.615. The lowest BCUT2D eigenvalue weighted by Crippen LogP contribution is -2.15. The number of anilines is 3. The number of carbonyl (C=O) groups is 1. The van der Waals surface area contributed by atoms with Crippen molar-refractivity contribution >= 4 is 34.2 Å². The number of nitrogens with two attached hydrogens (primary N) is 1. The zero-order valence-corrected chi connectivity index (χ0v) is 15.8. The van der Waals surface area contributed by atoms with Crippen molar-refractivity contribution in [3.05, 3.63) is 59.2 Å². The first kappa shape index (κ1) is 18.5. The fourth-order valence-electron chi connectivity index (χ4n) is 3.16. The SMILES string of the molecule is CCOC(=O)Nc1ccc(NCc2c(C)cc(C)c3ccccc23)nc1N. The Bertz CT molecular complexity index is 985. The molecular weight excluding hydrogens is 340 g/mol. The minimum Gasteiger partial charge on any atom is -0.450 e. The van der Waals surface area contributed by atoms with Crippen molar-refractivity contribution in [1.29, 1.82) is 0 Å². The zero-order valence-electron chi connectivity index (χ0n) is 15.8. The molecule has 6 heteroatoms. The molecular formula is C21H24N4O2. The number of rotatable bonds is 5. The van der Waals surface area contributed by atoms with Crippen molar-refractivity contribution in [3.63, 3.8) is 0 Å². The molecule has 0 atom stereocenters. The fourth-order valence-corrected chi connectivity index (χ4v) is 3.16. The van der Waals surface area contributed by atoms with Crippen LogP contribution in [0.3, 0.4) is 0 Å². The van der Waals surface area contributed by atoms with Gasteiger partial charge < -0.3 is 15.8 Å². The smallest absolute Gasteiger partial charge is 0.411 e. The van der Waals surface area contributed by atoms with E-state index in [9.17, 15) is 4.79 Å². The van der Waals surface area contributed by atoms with Crippen LogP contribution in [-0.2, 0) is 11.3 Å². The van der Waals surface area contributed by atoms with Crippen molar-refractivity contribution in [3.8, 4) is 0 Å². The highest BCUT2D eigenvalue weighted by atomic mass is 16.5.